The highest BCUT2D eigenvalue weighted by Gasteiger charge is 2.18. The summed E-state index contributed by atoms with van der Waals surface area (Å²) in [6.45, 7) is 5.99. The van der Waals surface area contributed by atoms with Gasteiger partial charge < -0.3 is 4.74 Å². The Kier molecular flexibility index (Phi) is 3.99. The number of hydrogen-bond donors (Lipinski definition) is 0. The van der Waals surface area contributed by atoms with Crippen LogP contribution in [0.2, 0.25) is 0 Å². The molecule has 0 aliphatic carbocycles. The van der Waals surface area contributed by atoms with Crippen LogP contribution < -0.4 is 5.56 Å². The minimum absolute atomic E-state index is 0.193. The molecule has 7 nitrogen and oxygen atoms in total. The van der Waals surface area contributed by atoms with E-state index in [9.17, 15) is 9.59 Å². The molecule has 0 bridgehead atoms. The number of carbonyl (C=O) groups excluding carboxylic acids is 1. The Morgan fingerprint density at radius 1 is 1.19 bits per heavy atom. The third kappa shape index (κ3) is 2.68. The Balaban J connectivity index is 1.93. The zero-order valence-corrected chi connectivity index (χ0v) is 15.3. The van der Waals surface area contributed by atoms with Crippen LogP contribution in [0.15, 0.2) is 47.7 Å². The van der Waals surface area contributed by atoms with Crippen LogP contribution in [-0.2, 0) is 4.74 Å². The maximum Gasteiger partial charge on any atom is 0.343 e. The molecule has 0 saturated heterocycles. The fourth-order valence-corrected chi connectivity index (χ4v) is 3.23. The SMILES string of the molecule is CCOC(=O)c1cnn2c1ncc1c(=O)n(-c3ccc(C)cc3C)ccc12. The van der Waals surface area contributed by atoms with Crippen molar-refractivity contribution in [3.8, 4) is 5.69 Å². The van der Waals surface area contributed by atoms with Crippen LogP contribution in [0, 0.1) is 13.8 Å². The first-order valence-corrected chi connectivity index (χ1v) is 8.64. The Morgan fingerprint density at radius 2 is 2.00 bits per heavy atom. The van der Waals surface area contributed by atoms with E-state index >= 15 is 0 Å². The van der Waals surface area contributed by atoms with Gasteiger partial charge in [-0.15, -0.1) is 0 Å². The van der Waals surface area contributed by atoms with Crippen molar-refractivity contribution >= 4 is 22.5 Å². The number of aromatic nitrogens is 4. The highest BCUT2D eigenvalue weighted by molar-refractivity contribution is 5.97. The summed E-state index contributed by atoms with van der Waals surface area (Å²) in [5.74, 6) is -0.483. The summed E-state index contributed by atoms with van der Waals surface area (Å²) in [6.07, 6.45) is 4.61. The average molecular weight is 362 g/mol. The lowest BCUT2D eigenvalue weighted by atomic mass is 10.1. The molecule has 0 unspecified atom stereocenters. The quantitative estimate of drug-likeness (QED) is 0.524. The smallest absolute Gasteiger partial charge is 0.343 e. The molecule has 3 aromatic heterocycles. The summed E-state index contributed by atoms with van der Waals surface area (Å²) in [5.41, 5.74) is 4.00. The number of nitrogens with zero attached hydrogens (tertiary/aromatic N) is 4. The van der Waals surface area contributed by atoms with Crippen molar-refractivity contribution in [2.24, 2.45) is 0 Å². The largest absolute Gasteiger partial charge is 0.462 e. The predicted octanol–water partition coefficient (Wildman–Crippen LogP) is 2.83. The maximum atomic E-state index is 13.0. The van der Waals surface area contributed by atoms with E-state index in [2.05, 4.69) is 10.1 Å². The lowest BCUT2D eigenvalue weighted by Crippen LogP contribution is -2.19. The Hall–Kier alpha value is -3.48. The highest BCUT2D eigenvalue weighted by atomic mass is 16.5. The highest BCUT2D eigenvalue weighted by Crippen LogP contribution is 2.18. The zero-order valence-electron chi connectivity index (χ0n) is 15.3. The van der Waals surface area contributed by atoms with Crippen molar-refractivity contribution < 1.29 is 9.53 Å². The molecule has 0 aliphatic heterocycles. The molecule has 0 aliphatic rings. The van der Waals surface area contributed by atoms with Crippen LogP contribution in [0.25, 0.3) is 22.2 Å². The topological polar surface area (TPSA) is 78.5 Å². The van der Waals surface area contributed by atoms with Gasteiger partial charge in [0.25, 0.3) is 5.56 Å². The normalized spacial score (nSPS) is 11.2. The molecule has 4 rings (SSSR count). The van der Waals surface area contributed by atoms with E-state index in [0.717, 1.165) is 16.8 Å². The fourth-order valence-electron chi connectivity index (χ4n) is 3.23. The number of rotatable bonds is 3. The van der Waals surface area contributed by atoms with Crippen molar-refractivity contribution in [1.82, 2.24) is 19.2 Å². The van der Waals surface area contributed by atoms with Gasteiger partial charge in [-0.25, -0.2) is 14.3 Å². The van der Waals surface area contributed by atoms with Crippen molar-refractivity contribution in [3.05, 3.63) is 69.9 Å². The molecule has 7 heteroatoms. The number of pyridine rings is 1. The second kappa shape index (κ2) is 6.35. The summed E-state index contributed by atoms with van der Waals surface area (Å²) in [6, 6.07) is 7.73. The van der Waals surface area contributed by atoms with Gasteiger partial charge in [0.15, 0.2) is 5.65 Å². The van der Waals surface area contributed by atoms with E-state index in [4.69, 9.17) is 4.74 Å². The van der Waals surface area contributed by atoms with Crippen molar-refractivity contribution in [1.29, 1.82) is 0 Å². The second-order valence-electron chi connectivity index (χ2n) is 6.35. The van der Waals surface area contributed by atoms with Crippen LogP contribution in [0.1, 0.15) is 28.4 Å². The predicted molar refractivity (Wildman–Crippen MR) is 102 cm³/mol. The Morgan fingerprint density at radius 3 is 2.74 bits per heavy atom. The molecule has 4 aromatic rings. The molecule has 0 spiro atoms. The van der Waals surface area contributed by atoms with Crippen molar-refractivity contribution in [2.75, 3.05) is 6.61 Å². The van der Waals surface area contributed by atoms with Crippen molar-refractivity contribution in [2.45, 2.75) is 20.8 Å². The van der Waals surface area contributed by atoms with Gasteiger partial charge in [0, 0.05) is 12.4 Å². The lowest BCUT2D eigenvalue weighted by molar-refractivity contribution is 0.0528. The summed E-state index contributed by atoms with van der Waals surface area (Å²) in [4.78, 5) is 29.4. The van der Waals surface area contributed by atoms with E-state index < -0.39 is 5.97 Å². The molecule has 0 N–H and O–H groups in total. The molecular formula is C20H18N4O3. The number of ether oxygens (including phenoxy) is 1. The van der Waals surface area contributed by atoms with Crippen LogP contribution in [0.5, 0.6) is 0 Å². The van der Waals surface area contributed by atoms with E-state index in [1.54, 1.807) is 23.8 Å². The summed E-state index contributed by atoms with van der Waals surface area (Å²) in [7, 11) is 0. The fraction of sp³-hybridized carbons (Fsp3) is 0.200. The van der Waals surface area contributed by atoms with Gasteiger partial charge in [-0.3, -0.25) is 9.36 Å². The molecular weight excluding hydrogens is 344 g/mol. The zero-order chi connectivity index (χ0) is 19.1. The van der Waals surface area contributed by atoms with E-state index in [0.29, 0.717) is 16.6 Å². The van der Waals surface area contributed by atoms with Gasteiger partial charge in [0.05, 0.1) is 29.4 Å². The number of aryl methyl sites for hydroxylation is 2. The number of esters is 1. The molecule has 136 valence electrons. The molecule has 0 amide bonds. The number of hydrogen-bond acceptors (Lipinski definition) is 5. The molecule has 1 aromatic carbocycles. The first-order chi connectivity index (χ1) is 13.0. The molecule has 27 heavy (non-hydrogen) atoms. The van der Waals surface area contributed by atoms with Gasteiger partial charge >= 0.3 is 5.97 Å². The number of fused-ring (bicyclic) bond motifs is 3. The van der Waals surface area contributed by atoms with E-state index in [1.165, 1.54) is 16.9 Å². The van der Waals surface area contributed by atoms with Gasteiger partial charge in [-0.2, -0.15) is 5.10 Å². The van der Waals surface area contributed by atoms with Crippen molar-refractivity contribution in [3.63, 3.8) is 0 Å². The molecule has 0 fully saturated rings. The van der Waals surface area contributed by atoms with E-state index in [1.807, 2.05) is 32.0 Å². The van der Waals surface area contributed by atoms with Crippen LogP contribution in [0.4, 0.5) is 0 Å². The van der Waals surface area contributed by atoms with E-state index in [-0.39, 0.29) is 17.7 Å². The summed E-state index contributed by atoms with van der Waals surface area (Å²) in [5, 5.41) is 4.65. The average Bonchev–Trinajstić information content (AvgIpc) is 3.07. The minimum Gasteiger partial charge on any atom is -0.462 e. The van der Waals surface area contributed by atoms with Gasteiger partial charge in [0.1, 0.15) is 5.56 Å². The third-order valence-electron chi connectivity index (χ3n) is 4.50. The molecule has 0 atom stereocenters. The number of benzene rings is 1. The molecule has 0 radical (unpaired) electrons. The lowest BCUT2D eigenvalue weighted by Gasteiger charge is -2.11. The summed E-state index contributed by atoms with van der Waals surface area (Å²) >= 11 is 0. The van der Waals surface area contributed by atoms with Gasteiger partial charge in [-0.05, 0) is 38.5 Å². The molecule has 0 saturated carbocycles. The first kappa shape index (κ1) is 17.0. The Labute approximate surface area is 154 Å². The third-order valence-corrected chi connectivity index (χ3v) is 4.50. The second-order valence-corrected chi connectivity index (χ2v) is 6.35. The standard InChI is InChI=1S/C20H18N4O3/c1-4-27-20(26)15-11-22-24-17-7-8-23(16-6-5-12(2)9-13(16)3)19(25)14(17)10-21-18(15)24/h5-11H,4H2,1-3H3. The van der Waals surface area contributed by atoms with Crippen LogP contribution in [-0.4, -0.2) is 31.7 Å². The summed E-state index contributed by atoms with van der Waals surface area (Å²) < 4.78 is 8.12. The van der Waals surface area contributed by atoms with Gasteiger partial charge in [0.2, 0.25) is 0 Å². The maximum absolute atomic E-state index is 13.0. The minimum atomic E-state index is -0.483. The Bertz CT molecular complexity index is 1250. The van der Waals surface area contributed by atoms with Crippen LogP contribution >= 0.6 is 0 Å². The van der Waals surface area contributed by atoms with Crippen LogP contribution in [0.3, 0.4) is 0 Å². The monoisotopic (exact) mass is 362 g/mol. The first-order valence-electron chi connectivity index (χ1n) is 8.64. The number of carbonyl (C=O) groups is 1. The molecule has 3 heterocycles. The van der Waals surface area contributed by atoms with Gasteiger partial charge in [-0.1, -0.05) is 17.7 Å².